The number of pyridine rings is 1. The van der Waals surface area contributed by atoms with Crippen LogP contribution in [0.15, 0.2) is 18.3 Å². The molecule has 2 unspecified atom stereocenters. The van der Waals surface area contributed by atoms with Crippen molar-refractivity contribution in [2.24, 2.45) is 0 Å². The van der Waals surface area contributed by atoms with Crippen LogP contribution in [0.1, 0.15) is 44.0 Å². The van der Waals surface area contributed by atoms with Gasteiger partial charge in [-0.05, 0) is 37.9 Å². The lowest BCUT2D eigenvalue weighted by molar-refractivity contribution is 0.0767. The Morgan fingerprint density at radius 2 is 2.32 bits per heavy atom. The lowest BCUT2D eigenvalue weighted by Crippen LogP contribution is -2.24. The zero-order chi connectivity index (χ0) is 14.9. The standard InChI is InChI=1S/C17H24N4O/c1-2-20-9-7-14(11-20)21-16(13-5-4-10-22-12-13)19-15-6-3-8-18-17(15)21/h3,6,8,13-14H,2,4-5,7,9-12H2,1H3. The molecule has 0 saturated carbocycles. The molecule has 0 amide bonds. The Morgan fingerprint density at radius 1 is 1.36 bits per heavy atom. The number of nitrogens with zero attached hydrogens (tertiary/aromatic N) is 4. The number of imidazole rings is 1. The number of aromatic nitrogens is 3. The highest BCUT2D eigenvalue weighted by Crippen LogP contribution is 2.33. The molecular weight excluding hydrogens is 276 g/mol. The Kier molecular flexibility index (Phi) is 3.84. The Labute approximate surface area is 131 Å². The second-order valence-electron chi connectivity index (χ2n) is 6.44. The highest BCUT2D eigenvalue weighted by atomic mass is 16.5. The zero-order valence-corrected chi connectivity index (χ0v) is 13.2. The third kappa shape index (κ3) is 2.42. The molecule has 0 aliphatic carbocycles. The first kappa shape index (κ1) is 14.2. The van der Waals surface area contributed by atoms with E-state index in [-0.39, 0.29) is 0 Å². The van der Waals surface area contributed by atoms with Gasteiger partial charge in [-0.1, -0.05) is 6.92 Å². The van der Waals surface area contributed by atoms with Crippen molar-refractivity contribution in [3.8, 4) is 0 Å². The predicted molar refractivity (Wildman–Crippen MR) is 86.1 cm³/mol. The molecule has 2 aromatic rings. The van der Waals surface area contributed by atoms with Gasteiger partial charge >= 0.3 is 0 Å². The van der Waals surface area contributed by atoms with E-state index in [2.05, 4.69) is 27.4 Å². The van der Waals surface area contributed by atoms with Gasteiger partial charge < -0.3 is 14.2 Å². The summed E-state index contributed by atoms with van der Waals surface area (Å²) in [5.41, 5.74) is 2.07. The lowest BCUT2D eigenvalue weighted by Gasteiger charge is -2.25. The number of rotatable bonds is 3. The van der Waals surface area contributed by atoms with Crippen LogP contribution in [0.5, 0.6) is 0 Å². The van der Waals surface area contributed by atoms with Crippen LogP contribution in [-0.4, -0.2) is 52.3 Å². The van der Waals surface area contributed by atoms with Crippen molar-refractivity contribution in [2.45, 2.75) is 38.1 Å². The Balaban J connectivity index is 1.76. The van der Waals surface area contributed by atoms with Gasteiger partial charge in [0.1, 0.15) is 11.3 Å². The van der Waals surface area contributed by atoms with Gasteiger partial charge in [-0.25, -0.2) is 9.97 Å². The number of ether oxygens (including phenoxy) is 1. The van der Waals surface area contributed by atoms with Crippen molar-refractivity contribution in [2.75, 3.05) is 32.8 Å². The summed E-state index contributed by atoms with van der Waals surface area (Å²) in [7, 11) is 0. The predicted octanol–water partition coefficient (Wildman–Crippen LogP) is 2.59. The summed E-state index contributed by atoms with van der Waals surface area (Å²) in [6.07, 6.45) is 5.38. The largest absolute Gasteiger partial charge is 0.381 e. The molecule has 4 rings (SSSR count). The fraction of sp³-hybridized carbons (Fsp3) is 0.647. The van der Waals surface area contributed by atoms with Crippen molar-refractivity contribution in [3.63, 3.8) is 0 Å². The van der Waals surface area contributed by atoms with Crippen LogP contribution in [0.2, 0.25) is 0 Å². The van der Waals surface area contributed by atoms with E-state index in [4.69, 9.17) is 9.72 Å². The van der Waals surface area contributed by atoms with Crippen LogP contribution in [-0.2, 0) is 4.74 Å². The van der Waals surface area contributed by atoms with Crippen LogP contribution >= 0.6 is 0 Å². The summed E-state index contributed by atoms with van der Waals surface area (Å²) in [6.45, 7) is 7.34. The maximum Gasteiger partial charge on any atom is 0.160 e. The summed E-state index contributed by atoms with van der Waals surface area (Å²) >= 11 is 0. The minimum Gasteiger partial charge on any atom is -0.381 e. The zero-order valence-electron chi connectivity index (χ0n) is 13.2. The minimum atomic E-state index is 0.415. The molecule has 2 fully saturated rings. The quantitative estimate of drug-likeness (QED) is 0.874. The molecule has 22 heavy (non-hydrogen) atoms. The van der Waals surface area contributed by atoms with Gasteiger partial charge in [0.05, 0.1) is 12.6 Å². The molecule has 5 nitrogen and oxygen atoms in total. The Bertz CT molecular complexity index is 647. The average molecular weight is 300 g/mol. The van der Waals surface area contributed by atoms with E-state index < -0.39 is 0 Å². The fourth-order valence-corrected chi connectivity index (χ4v) is 3.85. The number of hydrogen-bond donors (Lipinski definition) is 0. The van der Waals surface area contributed by atoms with E-state index in [0.717, 1.165) is 43.9 Å². The van der Waals surface area contributed by atoms with Crippen LogP contribution in [0.4, 0.5) is 0 Å². The topological polar surface area (TPSA) is 43.2 Å². The monoisotopic (exact) mass is 300 g/mol. The van der Waals surface area contributed by atoms with E-state index >= 15 is 0 Å². The van der Waals surface area contributed by atoms with Crippen molar-refractivity contribution in [1.29, 1.82) is 0 Å². The molecule has 0 aromatic carbocycles. The molecule has 0 N–H and O–H groups in total. The van der Waals surface area contributed by atoms with E-state index in [1.807, 2.05) is 12.3 Å². The molecule has 4 heterocycles. The SMILES string of the molecule is CCN1CCC(n2c(C3CCCOC3)nc3cccnc32)C1. The summed E-state index contributed by atoms with van der Waals surface area (Å²) < 4.78 is 8.13. The minimum absolute atomic E-state index is 0.415. The second-order valence-corrected chi connectivity index (χ2v) is 6.44. The average Bonchev–Trinajstić information content (AvgIpc) is 3.19. The third-order valence-corrected chi connectivity index (χ3v) is 5.06. The van der Waals surface area contributed by atoms with Gasteiger partial charge in [-0.2, -0.15) is 0 Å². The molecule has 2 saturated heterocycles. The molecule has 2 atom stereocenters. The molecular formula is C17H24N4O. The van der Waals surface area contributed by atoms with Gasteiger partial charge in [0.15, 0.2) is 5.65 Å². The first-order chi connectivity index (χ1) is 10.9. The second kappa shape index (κ2) is 5.97. The summed E-state index contributed by atoms with van der Waals surface area (Å²) in [6, 6.07) is 4.56. The third-order valence-electron chi connectivity index (χ3n) is 5.06. The van der Waals surface area contributed by atoms with Crippen molar-refractivity contribution >= 4 is 11.2 Å². The molecule has 118 valence electrons. The number of fused-ring (bicyclic) bond motifs is 1. The Hall–Kier alpha value is -1.46. The first-order valence-corrected chi connectivity index (χ1v) is 8.49. The van der Waals surface area contributed by atoms with Gasteiger partial charge in [0.25, 0.3) is 0 Å². The summed E-state index contributed by atoms with van der Waals surface area (Å²) in [4.78, 5) is 12.1. The van der Waals surface area contributed by atoms with Crippen LogP contribution in [0.25, 0.3) is 11.2 Å². The van der Waals surface area contributed by atoms with Gasteiger partial charge in [-0.3, -0.25) is 0 Å². The smallest absolute Gasteiger partial charge is 0.160 e. The van der Waals surface area contributed by atoms with Crippen molar-refractivity contribution < 1.29 is 4.74 Å². The normalized spacial score (nSPS) is 26.8. The lowest BCUT2D eigenvalue weighted by atomic mass is 10.0. The highest BCUT2D eigenvalue weighted by Gasteiger charge is 2.30. The number of hydrogen-bond acceptors (Lipinski definition) is 4. The fourth-order valence-electron chi connectivity index (χ4n) is 3.85. The Morgan fingerprint density at radius 3 is 3.09 bits per heavy atom. The number of likely N-dealkylation sites (tertiary alicyclic amines) is 1. The van der Waals surface area contributed by atoms with Gasteiger partial charge in [0.2, 0.25) is 0 Å². The van der Waals surface area contributed by atoms with Crippen molar-refractivity contribution in [1.82, 2.24) is 19.4 Å². The van der Waals surface area contributed by atoms with E-state index in [1.54, 1.807) is 0 Å². The van der Waals surface area contributed by atoms with E-state index in [9.17, 15) is 0 Å². The molecule has 2 aromatic heterocycles. The summed E-state index contributed by atoms with van der Waals surface area (Å²) in [5.74, 6) is 1.61. The first-order valence-electron chi connectivity index (χ1n) is 8.49. The maximum atomic E-state index is 5.71. The van der Waals surface area contributed by atoms with Crippen LogP contribution in [0, 0.1) is 0 Å². The maximum absolute atomic E-state index is 5.71. The van der Waals surface area contributed by atoms with Crippen LogP contribution in [0.3, 0.4) is 0 Å². The molecule has 0 spiro atoms. The van der Waals surface area contributed by atoms with E-state index in [1.165, 1.54) is 25.2 Å². The van der Waals surface area contributed by atoms with Crippen LogP contribution < -0.4 is 0 Å². The van der Waals surface area contributed by atoms with E-state index in [0.29, 0.717) is 12.0 Å². The van der Waals surface area contributed by atoms with Gasteiger partial charge in [-0.15, -0.1) is 0 Å². The van der Waals surface area contributed by atoms with Gasteiger partial charge in [0, 0.05) is 31.8 Å². The molecule has 5 heteroatoms. The number of likely N-dealkylation sites (N-methyl/N-ethyl adjacent to an activating group) is 1. The highest BCUT2D eigenvalue weighted by molar-refractivity contribution is 5.71. The molecule has 2 aliphatic rings. The molecule has 0 bridgehead atoms. The summed E-state index contributed by atoms with van der Waals surface area (Å²) in [5, 5.41) is 0. The molecule has 0 radical (unpaired) electrons. The molecule has 2 aliphatic heterocycles. The van der Waals surface area contributed by atoms with Crippen molar-refractivity contribution in [3.05, 3.63) is 24.2 Å².